The van der Waals surface area contributed by atoms with E-state index in [1.807, 2.05) is 12.1 Å². The second kappa shape index (κ2) is 7.41. The van der Waals surface area contributed by atoms with Crippen LogP contribution in [0.3, 0.4) is 0 Å². The van der Waals surface area contributed by atoms with Crippen molar-refractivity contribution < 1.29 is 19.0 Å². The van der Waals surface area contributed by atoms with Crippen molar-refractivity contribution in [1.82, 2.24) is 0 Å². The highest BCUT2D eigenvalue weighted by molar-refractivity contribution is 5.73. The van der Waals surface area contributed by atoms with Gasteiger partial charge in [0.05, 0.1) is 0 Å². The average Bonchev–Trinajstić information content (AvgIpc) is 2.52. The number of rotatable bonds is 7. The molecule has 4 heteroatoms. The van der Waals surface area contributed by atoms with Crippen molar-refractivity contribution in [1.29, 1.82) is 0 Å². The fraction of sp³-hybridized carbons (Fsp3) is 0.167. The number of benzene rings is 2. The minimum Gasteiger partial charge on any atom is -0.479 e. The van der Waals surface area contributed by atoms with E-state index in [1.165, 1.54) is 12.1 Å². The normalized spacial score (nSPS) is 11.7. The molecule has 2 aromatic rings. The van der Waals surface area contributed by atoms with E-state index >= 15 is 0 Å². The first-order chi connectivity index (χ1) is 10.6. The predicted molar refractivity (Wildman–Crippen MR) is 83.3 cm³/mol. The number of carboxylic acid groups (broad SMARTS) is 1. The maximum absolute atomic E-state index is 12.9. The third kappa shape index (κ3) is 4.19. The van der Waals surface area contributed by atoms with Crippen LogP contribution in [-0.4, -0.2) is 17.2 Å². The second-order valence-corrected chi connectivity index (χ2v) is 4.84. The van der Waals surface area contributed by atoms with Crippen molar-refractivity contribution in [3.8, 4) is 16.9 Å². The lowest BCUT2D eigenvalue weighted by molar-refractivity contribution is -0.145. The summed E-state index contributed by atoms with van der Waals surface area (Å²) < 4.78 is 18.4. The Balaban J connectivity index is 2.09. The van der Waals surface area contributed by atoms with Gasteiger partial charge in [-0.3, -0.25) is 0 Å². The van der Waals surface area contributed by atoms with Gasteiger partial charge < -0.3 is 9.84 Å². The van der Waals surface area contributed by atoms with Gasteiger partial charge in [-0.25, -0.2) is 9.18 Å². The van der Waals surface area contributed by atoms with E-state index in [9.17, 15) is 9.18 Å². The highest BCUT2D eigenvalue weighted by Gasteiger charge is 2.18. The largest absolute Gasteiger partial charge is 0.479 e. The van der Waals surface area contributed by atoms with Gasteiger partial charge in [-0.05, 0) is 48.2 Å². The number of hydrogen-bond donors (Lipinski definition) is 1. The summed E-state index contributed by atoms with van der Waals surface area (Å²) in [6.45, 7) is 3.58. The Morgan fingerprint density at radius 1 is 1.14 bits per heavy atom. The van der Waals surface area contributed by atoms with Gasteiger partial charge in [0.1, 0.15) is 11.6 Å². The number of ether oxygens (including phenoxy) is 1. The number of carboxylic acids is 1. The van der Waals surface area contributed by atoms with Gasteiger partial charge in [0.25, 0.3) is 0 Å². The topological polar surface area (TPSA) is 46.5 Å². The van der Waals surface area contributed by atoms with Crippen molar-refractivity contribution in [3.63, 3.8) is 0 Å². The van der Waals surface area contributed by atoms with Crippen LogP contribution < -0.4 is 4.74 Å². The summed E-state index contributed by atoms with van der Waals surface area (Å²) in [4.78, 5) is 11.1. The Labute approximate surface area is 128 Å². The fourth-order valence-corrected chi connectivity index (χ4v) is 2.03. The van der Waals surface area contributed by atoms with Gasteiger partial charge in [-0.15, -0.1) is 6.58 Å². The molecule has 1 N–H and O–H groups in total. The molecule has 0 bridgehead atoms. The molecule has 0 amide bonds. The Morgan fingerprint density at radius 2 is 1.68 bits per heavy atom. The van der Waals surface area contributed by atoms with Crippen LogP contribution in [0.15, 0.2) is 61.2 Å². The first-order valence-corrected chi connectivity index (χ1v) is 6.96. The summed E-state index contributed by atoms with van der Waals surface area (Å²) in [7, 11) is 0. The smallest absolute Gasteiger partial charge is 0.344 e. The van der Waals surface area contributed by atoms with Crippen molar-refractivity contribution in [3.05, 3.63) is 67.0 Å². The lowest BCUT2D eigenvalue weighted by Crippen LogP contribution is -2.26. The Kier molecular flexibility index (Phi) is 5.31. The second-order valence-electron chi connectivity index (χ2n) is 4.84. The van der Waals surface area contributed by atoms with Gasteiger partial charge in [0.2, 0.25) is 0 Å². The van der Waals surface area contributed by atoms with Crippen LogP contribution >= 0.6 is 0 Å². The minimum absolute atomic E-state index is 0.282. The molecule has 0 saturated carbocycles. The van der Waals surface area contributed by atoms with Crippen LogP contribution in [0.4, 0.5) is 4.39 Å². The molecule has 0 fully saturated rings. The molecular weight excluding hydrogens is 283 g/mol. The van der Waals surface area contributed by atoms with Crippen molar-refractivity contribution >= 4 is 5.97 Å². The summed E-state index contributed by atoms with van der Waals surface area (Å²) >= 11 is 0. The van der Waals surface area contributed by atoms with Crippen LogP contribution in [0.2, 0.25) is 0 Å². The van der Waals surface area contributed by atoms with E-state index in [-0.39, 0.29) is 5.82 Å². The molecule has 2 rings (SSSR count). The average molecular weight is 300 g/mol. The van der Waals surface area contributed by atoms with Crippen molar-refractivity contribution in [2.75, 3.05) is 0 Å². The van der Waals surface area contributed by atoms with E-state index in [4.69, 9.17) is 9.84 Å². The zero-order chi connectivity index (χ0) is 15.9. The number of allylic oxidation sites excluding steroid dienone is 1. The zero-order valence-corrected chi connectivity index (χ0v) is 12.0. The van der Waals surface area contributed by atoms with E-state index in [0.29, 0.717) is 18.6 Å². The van der Waals surface area contributed by atoms with Gasteiger partial charge >= 0.3 is 5.97 Å². The maximum atomic E-state index is 12.9. The quantitative estimate of drug-likeness (QED) is 0.776. The molecule has 0 aromatic heterocycles. The number of hydrogen-bond acceptors (Lipinski definition) is 2. The highest BCUT2D eigenvalue weighted by Crippen LogP contribution is 2.23. The first-order valence-electron chi connectivity index (χ1n) is 6.96. The molecule has 0 aliphatic rings. The van der Waals surface area contributed by atoms with E-state index in [1.54, 1.807) is 30.3 Å². The summed E-state index contributed by atoms with van der Waals surface area (Å²) in [5.41, 5.74) is 1.79. The first kappa shape index (κ1) is 15.8. The summed E-state index contributed by atoms with van der Waals surface area (Å²) in [6, 6.07) is 13.2. The van der Waals surface area contributed by atoms with Gasteiger partial charge in [0, 0.05) is 0 Å². The molecule has 0 aliphatic heterocycles. The molecule has 0 aliphatic carbocycles. The minimum atomic E-state index is -0.996. The SMILES string of the molecule is C=CCCC(Oc1ccc(-c2ccc(F)cc2)cc1)C(=O)O. The van der Waals surface area contributed by atoms with Crippen molar-refractivity contribution in [2.45, 2.75) is 18.9 Å². The molecule has 1 atom stereocenters. The number of halogens is 1. The molecule has 0 heterocycles. The molecule has 0 radical (unpaired) electrons. The van der Waals surface area contributed by atoms with Crippen LogP contribution in [0.5, 0.6) is 5.75 Å². The molecule has 2 aromatic carbocycles. The predicted octanol–water partition coefficient (Wildman–Crippen LogP) is 4.29. The van der Waals surface area contributed by atoms with Crippen LogP contribution in [0.1, 0.15) is 12.8 Å². The lowest BCUT2D eigenvalue weighted by atomic mass is 10.1. The van der Waals surface area contributed by atoms with Gasteiger partial charge in [0.15, 0.2) is 6.10 Å². The number of carbonyl (C=O) groups is 1. The summed E-state index contributed by atoms with van der Waals surface area (Å²) in [6.07, 6.45) is 1.72. The lowest BCUT2D eigenvalue weighted by Gasteiger charge is -2.14. The van der Waals surface area contributed by atoms with Gasteiger partial charge in [-0.1, -0.05) is 30.3 Å². The molecule has 0 saturated heterocycles. The van der Waals surface area contributed by atoms with Crippen LogP contribution in [0.25, 0.3) is 11.1 Å². The fourth-order valence-electron chi connectivity index (χ4n) is 2.03. The van der Waals surface area contributed by atoms with E-state index < -0.39 is 12.1 Å². The summed E-state index contributed by atoms with van der Waals surface area (Å²) in [5, 5.41) is 9.12. The third-order valence-corrected chi connectivity index (χ3v) is 3.22. The summed E-state index contributed by atoms with van der Waals surface area (Å²) in [5.74, 6) is -0.790. The molecular formula is C18H17FO3. The zero-order valence-electron chi connectivity index (χ0n) is 12.0. The van der Waals surface area contributed by atoms with Crippen LogP contribution in [-0.2, 0) is 4.79 Å². The molecule has 0 spiro atoms. The van der Waals surface area contributed by atoms with Crippen LogP contribution in [0, 0.1) is 5.82 Å². The number of aliphatic carboxylic acids is 1. The monoisotopic (exact) mass is 300 g/mol. The van der Waals surface area contributed by atoms with E-state index in [2.05, 4.69) is 6.58 Å². The standard InChI is InChI=1S/C18H17FO3/c1-2-3-4-17(18(20)21)22-16-11-7-14(8-12-16)13-5-9-15(19)10-6-13/h2,5-12,17H,1,3-4H2,(H,20,21). The van der Waals surface area contributed by atoms with Gasteiger partial charge in [-0.2, -0.15) is 0 Å². The van der Waals surface area contributed by atoms with E-state index in [0.717, 1.165) is 11.1 Å². The molecule has 1 unspecified atom stereocenters. The maximum Gasteiger partial charge on any atom is 0.344 e. The molecule has 114 valence electrons. The Hall–Kier alpha value is -2.62. The molecule has 3 nitrogen and oxygen atoms in total. The van der Waals surface area contributed by atoms with Crippen molar-refractivity contribution in [2.24, 2.45) is 0 Å². The Bertz CT molecular complexity index is 632. The Morgan fingerprint density at radius 3 is 2.18 bits per heavy atom. The molecule has 22 heavy (non-hydrogen) atoms. The highest BCUT2D eigenvalue weighted by atomic mass is 19.1. The third-order valence-electron chi connectivity index (χ3n) is 3.22.